The second-order valence-electron chi connectivity index (χ2n) is 9.82. The molecule has 1 aromatic rings. The van der Waals surface area contributed by atoms with Gasteiger partial charge in [-0.3, -0.25) is 4.79 Å². The lowest BCUT2D eigenvalue weighted by molar-refractivity contribution is -0.192. The highest BCUT2D eigenvalue weighted by atomic mass is 16.5. The van der Waals surface area contributed by atoms with Gasteiger partial charge in [0, 0.05) is 50.8 Å². The SMILES string of the molecule is COCCCOc1cc(O)cc(CN(C(=O)[C@@]2(C(C)(C)C)CN(C(=O)O)CCO2)C2CC2)c1. The van der Waals surface area contributed by atoms with Gasteiger partial charge in [-0.05, 0) is 30.5 Å². The average Bonchev–Trinajstić information content (AvgIpc) is 3.59. The number of hydrogen-bond donors (Lipinski definition) is 2. The zero-order chi connectivity index (χ0) is 24.2. The largest absolute Gasteiger partial charge is 0.508 e. The normalized spacial score (nSPS) is 21.0. The third kappa shape index (κ3) is 5.89. The standard InChI is InChI=1S/C24H36N2O7/c1-23(2,3)24(16-25(22(29)30)8-11-33-24)21(28)26(18-6-7-18)15-17-12-19(27)14-20(13-17)32-10-5-9-31-4/h12-14,18,27H,5-11,15-16H2,1-4H3,(H,29,30)/t24-/m1/s1. The Hall–Kier alpha value is -2.52. The van der Waals surface area contributed by atoms with E-state index in [0.717, 1.165) is 24.8 Å². The van der Waals surface area contributed by atoms with Crippen molar-refractivity contribution in [2.24, 2.45) is 5.41 Å². The first kappa shape index (κ1) is 25.1. The third-order valence-electron chi connectivity index (χ3n) is 6.26. The molecule has 1 aliphatic heterocycles. The number of benzene rings is 1. The molecule has 1 heterocycles. The Balaban J connectivity index is 1.84. The van der Waals surface area contributed by atoms with E-state index in [4.69, 9.17) is 14.2 Å². The summed E-state index contributed by atoms with van der Waals surface area (Å²) >= 11 is 0. The van der Waals surface area contributed by atoms with Gasteiger partial charge in [0.1, 0.15) is 11.5 Å². The lowest BCUT2D eigenvalue weighted by atomic mass is 9.74. The van der Waals surface area contributed by atoms with Crippen LogP contribution >= 0.6 is 0 Å². The van der Waals surface area contributed by atoms with E-state index in [9.17, 15) is 19.8 Å². The van der Waals surface area contributed by atoms with Gasteiger partial charge in [0.2, 0.25) is 0 Å². The highest BCUT2D eigenvalue weighted by Gasteiger charge is 2.56. The molecule has 1 atom stereocenters. The van der Waals surface area contributed by atoms with E-state index >= 15 is 0 Å². The van der Waals surface area contributed by atoms with Crippen molar-refractivity contribution >= 4 is 12.0 Å². The number of amides is 2. The molecule has 9 heteroatoms. The van der Waals surface area contributed by atoms with E-state index < -0.39 is 17.1 Å². The number of methoxy groups -OCH3 is 1. The smallest absolute Gasteiger partial charge is 0.407 e. The molecule has 3 rings (SSSR count). The van der Waals surface area contributed by atoms with E-state index in [1.807, 2.05) is 26.8 Å². The summed E-state index contributed by atoms with van der Waals surface area (Å²) in [7, 11) is 1.63. The molecule has 0 bridgehead atoms. The maximum atomic E-state index is 14.0. The Morgan fingerprint density at radius 3 is 2.58 bits per heavy atom. The van der Waals surface area contributed by atoms with Crippen LogP contribution in [0.5, 0.6) is 11.5 Å². The predicted molar refractivity (Wildman–Crippen MR) is 121 cm³/mol. The number of hydrogen-bond acceptors (Lipinski definition) is 6. The fraction of sp³-hybridized carbons (Fsp3) is 0.667. The van der Waals surface area contributed by atoms with Crippen molar-refractivity contribution in [1.82, 2.24) is 9.80 Å². The van der Waals surface area contributed by atoms with Crippen LogP contribution in [0.3, 0.4) is 0 Å². The minimum atomic E-state index is -1.29. The number of carbonyl (C=O) groups is 2. The topological polar surface area (TPSA) is 109 Å². The van der Waals surface area contributed by atoms with Crippen molar-refractivity contribution in [1.29, 1.82) is 0 Å². The molecule has 0 unspecified atom stereocenters. The van der Waals surface area contributed by atoms with Gasteiger partial charge in [0.05, 0.1) is 19.8 Å². The van der Waals surface area contributed by atoms with E-state index in [1.165, 1.54) is 4.90 Å². The molecular formula is C24H36N2O7. The number of rotatable bonds is 9. The molecule has 2 amide bonds. The van der Waals surface area contributed by atoms with Gasteiger partial charge in [-0.1, -0.05) is 20.8 Å². The fourth-order valence-corrected chi connectivity index (χ4v) is 4.18. The first-order valence-corrected chi connectivity index (χ1v) is 11.4. The number of nitrogens with zero attached hydrogens (tertiary/aromatic N) is 2. The van der Waals surface area contributed by atoms with Crippen LogP contribution in [0.4, 0.5) is 4.79 Å². The number of morpholine rings is 1. The second-order valence-corrected chi connectivity index (χ2v) is 9.82. The first-order chi connectivity index (χ1) is 15.6. The molecule has 1 saturated heterocycles. The van der Waals surface area contributed by atoms with Crippen molar-refractivity contribution < 1.29 is 34.0 Å². The van der Waals surface area contributed by atoms with E-state index in [2.05, 4.69) is 0 Å². The van der Waals surface area contributed by atoms with Crippen molar-refractivity contribution in [3.63, 3.8) is 0 Å². The summed E-state index contributed by atoms with van der Waals surface area (Å²) in [5.41, 5.74) is -1.17. The summed E-state index contributed by atoms with van der Waals surface area (Å²) in [6.45, 7) is 7.42. The summed E-state index contributed by atoms with van der Waals surface area (Å²) in [5, 5.41) is 19.8. The number of carbonyl (C=O) groups excluding carboxylic acids is 1. The average molecular weight is 465 g/mol. The maximum absolute atomic E-state index is 14.0. The van der Waals surface area contributed by atoms with Crippen LogP contribution in [-0.4, -0.2) is 83.7 Å². The molecule has 0 aromatic heterocycles. The molecule has 2 aliphatic rings. The molecule has 0 radical (unpaired) electrons. The van der Waals surface area contributed by atoms with Gasteiger partial charge in [0.25, 0.3) is 5.91 Å². The summed E-state index contributed by atoms with van der Waals surface area (Å²) in [6.07, 6.45) is 1.43. The monoisotopic (exact) mass is 464 g/mol. The Morgan fingerprint density at radius 1 is 1.24 bits per heavy atom. The number of phenolic OH excluding ortho intramolecular Hbond substituents is 1. The number of aromatic hydroxyl groups is 1. The van der Waals surface area contributed by atoms with Crippen LogP contribution in [-0.2, 0) is 20.8 Å². The molecule has 1 aromatic carbocycles. The third-order valence-corrected chi connectivity index (χ3v) is 6.26. The van der Waals surface area contributed by atoms with E-state index in [0.29, 0.717) is 19.0 Å². The number of carboxylic acid groups (broad SMARTS) is 1. The van der Waals surface area contributed by atoms with Crippen molar-refractivity contribution in [3.8, 4) is 11.5 Å². The van der Waals surface area contributed by atoms with E-state index in [1.54, 1.807) is 24.1 Å². The van der Waals surface area contributed by atoms with Gasteiger partial charge < -0.3 is 34.2 Å². The molecule has 0 spiro atoms. The lowest BCUT2D eigenvalue weighted by Crippen LogP contribution is -2.67. The molecule has 2 N–H and O–H groups in total. The van der Waals surface area contributed by atoms with Crippen LogP contribution in [0, 0.1) is 5.41 Å². The highest BCUT2D eigenvalue weighted by Crippen LogP contribution is 2.41. The van der Waals surface area contributed by atoms with Crippen LogP contribution in [0.1, 0.15) is 45.6 Å². The number of ether oxygens (including phenoxy) is 3. The molecule has 33 heavy (non-hydrogen) atoms. The summed E-state index contributed by atoms with van der Waals surface area (Å²) in [6, 6.07) is 5.06. The Morgan fingerprint density at radius 2 is 1.97 bits per heavy atom. The van der Waals surface area contributed by atoms with Gasteiger partial charge in [0.15, 0.2) is 5.60 Å². The van der Waals surface area contributed by atoms with Crippen LogP contribution in [0.15, 0.2) is 18.2 Å². The lowest BCUT2D eigenvalue weighted by Gasteiger charge is -2.50. The highest BCUT2D eigenvalue weighted by molar-refractivity contribution is 5.88. The molecule has 9 nitrogen and oxygen atoms in total. The van der Waals surface area contributed by atoms with Crippen LogP contribution in [0.25, 0.3) is 0 Å². The quantitative estimate of drug-likeness (QED) is 0.541. The predicted octanol–water partition coefficient (Wildman–Crippen LogP) is 3.09. The minimum absolute atomic E-state index is 0.0121. The Kier molecular flexibility index (Phi) is 7.74. The van der Waals surface area contributed by atoms with Gasteiger partial charge in [-0.15, -0.1) is 0 Å². The Labute approximate surface area is 195 Å². The zero-order valence-corrected chi connectivity index (χ0v) is 20.0. The van der Waals surface area contributed by atoms with Crippen molar-refractivity contribution in [2.45, 2.75) is 58.2 Å². The minimum Gasteiger partial charge on any atom is -0.508 e. The van der Waals surface area contributed by atoms with Crippen LogP contribution < -0.4 is 4.74 Å². The Bertz CT molecular complexity index is 850. The number of phenols is 1. The molecule has 184 valence electrons. The fourth-order valence-electron chi connectivity index (χ4n) is 4.18. The van der Waals surface area contributed by atoms with Gasteiger partial charge in [-0.25, -0.2) is 4.79 Å². The molecule has 2 fully saturated rings. The summed E-state index contributed by atoms with van der Waals surface area (Å²) in [5.74, 6) is 0.379. The van der Waals surface area contributed by atoms with Crippen molar-refractivity contribution in [3.05, 3.63) is 23.8 Å². The zero-order valence-electron chi connectivity index (χ0n) is 20.0. The maximum Gasteiger partial charge on any atom is 0.407 e. The molecule has 1 saturated carbocycles. The van der Waals surface area contributed by atoms with Crippen molar-refractivity contribution in [2.75, 3.05) is 40.0 Å². The summed E-state index contributed by atoms with van der Waals surface area (Å²) < 4.78 is 16.9. The summed E-state index contributed by atoms with van der Waals surface area (Å²) in [4.78, 5) is 28.7. The van der Waals surface area contributed by atoms with Gasteiger partial charge >= 0.3 is 6.09 Å². The van der Waals surface area contributed by atoms with Gasteiger partial charge in [-0.2, -0.15) is 0 Å². The first-order valence-electron chi connectivity index (χ1n) is 11.4. The molecular weight excluding hydrogens is 428 g/mol. The second kappa shape index (κ2) is 10.2. The molecule has 1 aliphatic carbocycles. The van der Waals surface area contributed by atoms with E-state index in [-0.39, 0.29) is 43.9 Å². The van der Waals surface area contributed by atoms with Crippen LogP contribution in [0.2, 0.25) is 0 Å².